The van der Waals surface area contributed by atoms with Gasteiger partial charge in [0, 0.05) is 23.3 Å². The number of nitriles is 1. The van der Waals surface area contributed by atoms with E-state index in [-0.39, 0.29) is 10.8 Å². The van der Waals surface area contributed by atoms with Crippen LogP contribution in [-0.2, 0) is 0 Å². The van der Waals surface area contributed by atoms with Gasteiger partial charge in [-0.3, -0.25) is 4.98 Å². The Hall–Kier alpha value is -2.68. The largest absolute Gasteiger partial charge is 0.506 e. The van der Waals surface area contributed by atoms with Gasteiger partial charge in [0.2, 0.25) is 0 Å². The minimum atomic E-state index is 0.0107. The van der Waals surface area contributed by atoms with E-state index in [2.05, 4.69) is 16.0 Å². The van der Waals surface area contributed by atoms with E-state index in [0.717, 1.165) is 16.8 Å². The Morgan fingerprint density at radius 1 is 1.26 bits per heavy atom. The van der Waals surface area contributed by atoms with Crippen molar-refractivity contribution in [2.45, 2.75) is 0 Å². The SMILES string of the molecule is N#C/C(=C/c1ccc(O)c(Cl)c1)c1nc(-c2ccncc2)cs1. The number of aromatic hydroxyl groups is 1. The van der Waals surface area contributed by atoms with Crippen LogP contribution in [0.4, 0.5) is 0 Å². The molecular weight excluding hydrogens is 330 g/mol. The molecule has 0 bridgehead atoms. The number of benzene rings is 1. The average Bonchev–Trinajstić information content (AvgIpc) is 3.06. The smallest absolute Gasteiger partial charge is 0.134 e. The molecule has 2 heterocycles. The van der Waals surface area contributed by atoms with Crippen LogP contribution < -0.4 is 0 Å². The van der Waals surface area contributed by atoms with Crippen LogP contribution in [0.1, 0.15) is 10.6 Å². The molecule has 1 aromatic carbocycles. The van der Waals surface area contributed by atoms with Gasteiger partial charge in [0.1, 0.15) is 16.8 Å². The maximum atomic E-state index is 9.45. The topological polar surface area (TPSA) is 69.8 Å². The third kappa shape index (κ3) is 3.39. The summed E-state index contributed by atoms with van der Waals surface area (Å²) >= 11 is 7.29. The number of allylic oxidation sites excluding steroid dienone is 1. The van der Waals surface area contributed by atoms with Crippen LogP contribution in [0.25, 0.3) is 22.9 Å². The van der Waals surface area contributed by atoms with Crippen LogP contribution in [-0.4, -0.2) is 15.1 Å². The van der Waals surface area contributed by atoms with Gasteiger partial charge >= 0.3 is 0 Å². The highest BCUT2D eigenvalue weighted by Gasteiger charge is 2.09. The summed E-state index contributed by atoms with van der Waals surface area (Å²) in [6.45, 7) is 0. The maximum Gasteiger partial charge on any atom is 0.134 e. The van der Waals surface area contributed by atoms with E-state index in [4.69, 9.17) is 11.6 Å². The van der Waals surface area contributed by atoms with Crippen molar-refractivity contribution < 1.29 is 5.11 Å². The van der Waals surface area contributed by atoms with Crippen LogP contribution in [0.2, 0.25) is 5.02 Å². The first-order chi connectivity index (χ1) is 11.2. The quantitative estimate of drug-likeness (QED) is 0.706. The molecule has 0 spiro atoms. The molecule has 2 aromatic heterocycles. The van der Waals surface area contributed by atoms with Gasteiger partial charge in [-0.2, -0.15) is 5.26 Å². The minimum Gasteiger partial charge on any atom is -0.506 e. The van der Waals surface area contributed by atoms with Crippen molar-refractivity contribution in [1.82, 2.24) is 9.97 Å². The molecule has 0 aliphatic carbocycles. The second-order valence-corrected chi connectivity index (χ2v) is 5.92. The van der Waals surface area contributed by atoms with Gasteiger partial charge in [0.15, 0.2) is 0 Å². The molecule has 112 valence electrons. The summed E-state index contributed by atoms with van der Waals surface area (Å²) in [6, 6.07) is 10.7. The lowest BCUT2D eigenvalue weighted by molar-refractivity contribution is 0.475. The van der Waals surface area contributed by atoms with E-state index in [1.807, 2.05) is 17.5 Å². The first-order valence-electron chi connectivity index (χ1n) is 6.64. The lowest BCUT2D eigenvalue weighted by Gasteiger charge is -1.99. The highest BCUT2D eigenvalue weighted by Crippen LogP contribution is 2.29. The fourth-order valence-corrected chi connectivity index (χ4v) is 2.96. The number of hydrogen-bond donors (Lipinski definition) is 1. The van der Waals surface area contributed by atoms with Crippen molar-refractivity contribution in [1.29, 1.82) is 5.26 Å². The molecule has 6 heteroatoms. The minimum absolute atomic E-state index is 0.0107. The molecule has 0 unspecified atom stereocenters. The molecule has 0 saturated carbocycles. The lowest BCUT2D eigenvalue weighted by Crippen LogP contribution is -1.83. The van der Waals surface area contributed by atoms with E-state index in [0.29, 0.717) is 10.6 Å². The van der Waals surface area contributed by atoms with Crippen molar-refractivity contribution in [3.8, 4) is 23.1 Å². The zero-order valence-electron chi connectivity index (χ0n) is 11.8. The van der Waals surface area contributed by atoms with E-state index >= 15 is 0 Å². The summed E-state index contributed by atoms with van der Waals surface area (Å²) in [5, 5.41) is 21.6. The van der Waals surface area contributed by atoms with Crippen molar-refractivity contribution in [3.63, 3.8) is 0 Å². The first-order valence-corrected chi connectivity index (χ1v) is 7.90. The van der Waals surface area contributed by atoms with Gasteiger partial charge in [-0.25, -0.2) is 4.98 Å². The average molecular weight is 340 g/mol. The summed E-state index contributed by atoms with van der Waals surface area (Å²) in [4.78, 5) is 8.48. The fourth-order valence-electron chi connectivity index (χ4n) is 1.97. The normalized spacial score (nSPS) is 11.2. The number of phenolic OH excluding ortho intramolecular Hbond substituents is 1. The van der Waals surface area contributed by atoms with E-state index < -0.39 is 0 Å². The van der Waals surface area contributed by atoms with Crippen LogP contribution in [0.15, 0.2) is 48.1 Å². The van der Waals surface area contributed by atoms with Crippen LogP contribution >= 0.6 is 22.9 Å². The summed E-state index contributed by atoms with van der Waals surface area (Å²) in [7, 11) is 0. The van der Waals surface area contributed by atoms with Crippen molar-refractivity contribution in [2.24, 2.45) is 0 Å². The van der Waals surface area contributed by atoms with Gasteiger partial charge in [-0.1, -0.05) is 17.7 Å². The highest BCUT2D eigenvalue weighted by atomic mass is 35.5. The van der Waals surface area contributed by atoms with Gasteiger partial charge < -0.3 is 5.11 Å². The Morgan fingerprint density at radius 3 is 2.74 bits per heavy atom. The standard InChI is InChI=1S/C17H10ClN3OS/c18-14-8-11(1-2-16(14)22)7-13(9-19)17-21-15(10-23-17)12-3-5-20-6-4-12/h1-8,10,22H/b13-7-. The molecule has 0 aliphatic rings. The van der Waals surface area contributed by atoms with Crippen LogP contribution in [0, 0.1) is 11.3 Å². The number of hydrogen-bond acceptors (Lipinski definition) is 5. The molecular formula is C17H10ClN3OS. The monoisotopic (exact) mass is 339 g/mol. The third-order valence-corrected chi connectivity index (χ3v) is 4.29. The van der Waals surface area contributed by atoms with Gasteiger partial charge in [-0.15, -0.1) is 11.3 Å². The summed E-state index contributed by atoms with van der Waals surface area (Å²) in [5.74, 6) is 0.0107. The van der Waals surface area contributed by atoms with Gasteiger partial charge in [0.25, 0.3) is 0 Å². The molecule has 3 aromatic rings. The molecule has 0 atom stereocenters. The van der Waals surface area contributed by atoms with E-state index in [1.54, 1.807) is 30.6 Å². The number of aromatic nitrogens is 2. The number of pyridine rings is 1. The second-order valence-electron chi connectivity index (χ2n) is 4.65. The second kappa shape index (κ2) is 6.61. The van der Waals surface area contributed by atoms with Crippen LogP contribution in [0.5, 0.6) is 5.75 Å². The molecule has 23 heavy (non-hydrogen) atoms. The lowest BCUT2D eigenvalue weighted by atomic mass is 10.1. The molecule has 4 nitrogen and oxygen atoms in total. The highest BCUT2D eigenvalue weighted by molar-refractivity contribution is 7.11. The zero-order valence-corrected chi connectivity index (χ0v) is 13.3. The number of rotatable bonds is 3. The van der Waals surface area contributed by atoms with Crippen molar-refractivity contribution in [3.05, 3.63) is 63.7 Å². The van der Waals surface area contributed by atoms with Crippen molar-refractivity contribution in [2.75, 3.05) is 0 Å². The third-order valence-electron chi connectivity index (χ3n) is 3.11. The molecule has 0 amide bonds. The Morgan fingerprint density at radius 2 is 2.04 bits per heavy atom. The summed E-state index contributed by atoms with van der Waals surface area (Å²) < 4.78 is 0. The summed E-state index contributed by atoms with van der Waals surface area (Å²) in [5.41, 5.74) is 2.92. The number of nitrogens with zero attached hydrogens (tertiary/aromatic N) is 3. The molecule has 0 radical (unpaired) electrons. The molecule has 0 fully saturated rings. The molecule has 0 aliphatic heterocycles. The van der Waals surface area contributed by atoms with Crippen LogP contribution in [0.3, 0.4) is 0 Å². The van der Waals surface area contributed by atoms with Gasteiger partial charge in [-0.05, 0) is 35.9 Å². The Balaban J connectivity index is 1.96. The zero-order chi connectivity index (χ0) is 16.2. The predicted molar refractivity (Wildman–Crippen MR) is 91.9 cm³/mol. The fraction of sp³-hybridized carbons (Fsp3) is 0. The van der Waals surface area contributed by atoms with E-state index in [1.165, 1.54) is 17.4 Å². The Bertz CT molecular complexity index is 913. The maximum absolute atomic E-state index is 9.45. The Kier molecular flexibility index (Phi) is 4.38. The molecule has 1 N–H and O–H groups in total. The number of thiazole rings is 1. The first kappa shape index (κ1) is 15.2. The molecule has 0 saturated heterocycles. The predicted octanol–water partition coefficient (Wildman–Crippen LogP) is 4.63. The summed E-state index contributed by atoms with van der Waals surface area (Å²) in [6.07, 6.45) is 5.10. The number of halogens is 1. The van der Waals surface area contributed by atoms with Gasteiger partial charge in [0.05, 0.1) is 16.3 Å². The Labute approximate surface area is 142 Å². The number of phenols is 1. The molecule has 3 rings (SSSR count). The van der Waals surface area contributed by atoms with E-state index in [9.17, 15) is 10.4 Å². The van der Waals surface area contributed by atoms with Crippen molar-refractivity contribution >= 4 is 34.6 Å².